The number of hydrogen-bond acceptors (Lipinski definition) is 1. The van der Waals surface area contributed by atoms with E-state index < -0.39 is 0 Å². The summed E-state index contributed by atoms with van der Waals surface area (Å²) in [7, 11) is 0. The molecule has 0 aliphatic heterocycles. The maximum Gasteiger partial charge on any atom is 0.231 e. The highest BCUT2D eigenvalue weighted by molar-refractivity contribution is 6.31. The van der Waals surface area contributed by atoms with Gasteiger partial charge in [-0.3, -0.25) is 4.79 Å². The summed E-state index contributed by atoms with van der Waals surface area (Å²) in [6.07, 6.45) is 0. The molecule has 2 aromatic carbocycles. The van der Waals surface area contributed by atoms with Crippen molar-refractivity contribution in [3.05, 3.63) is 64.7 Å². The molecule has 1 amide bonds. The maximum atomic E-state index is 12.2. The maximum absolute atomic E-state index is 12.2. The van der Waals surface area contributed by atoms with Gasteiger partial charge in [0.15, 0.2) is 0 Å². The summed E-state index contributed by atoms with van der Waals surface area (Å²) < 4.78 is 0. The lowest BCUT2D eigenvalue weighted by Crippen LogP contribution is -2.18. The molecule has 0 saturated heterocycles. The molecule has 19 heavy (non-hydrogen) atoms. The van der Waals surface area contributed by atoms with E-state index in [1.165, 1.54) is 0 Å². The molecular formula is C16H16ClNO. The SMILES string of the molecule is Cc1ccc(NC(=O)C(C)c2ccccc2)cc1Cl. The first-order valence-electron chi connectivity index (χ1n) is 6.20. The Morgan fingerprint density at radius 3 is 2.47 bits per heavy atom. The van der Waals surface area contributed by atoms with Crippen molar-refractivity contribution in [3.8, 4) is 0 Å². The third-order valence-electron chi connectivity index (χ3n) is 3.13. The van der Waals surface area contributed by atoms with Gasteiger partial charge >= 0.3 is 0 Å². The van der Waals surface area contributed by atoms with E-state index in [2.05, 4.69) is 5.32 Å². The lowest BCUT2D eigenvalue weighted by Gasteiger charge is -2.13. The third kappa shape index (κ3) is 3.36. The molecule has 0 bridgehead atoms. The number of carbonyl (C=O) groups excluding carboxylic acids is 1. The van der Waals surface area contributed by atoms with E-state index in [1.54, 1.807) is 6.07 Å². The number of nitrogens with one attached hydrogen (secondary N) is 1. The van der Waals surface area contributed by atoms with Crippen LogP contribution in [0.15, 0.2) is 48.5 Å². The second kappa shape index (κ2) is 5.89. The van der Waals surface area contributed by atoms with Crippen molar-refractivity contribution in [2.75, 3.05) is 5.32 Å². The quantitative estimate of drug-likeness (QED) is 0.883. The van der Waals surface area contributed by atoms with Crippen LogP contribution in [-0.2, 0) is 4.79 Å². The molecule has 2 aromatic rings. The molecule has 0 heterocycles. The van der Waals surface area contributed by atoms with Gasteiger partial charge in [0.2, 0.25) is 5.91 Å². The van der Waals surface area contributed by atoms with Crippen molar-refractivity contribution in [2.24, 2.45) is 0 Å². The predicted molar refractivity (Wildman–Crippen MR) is 79.7 cm³/mol. The fraction of sp³-hybridized carbons (Fsp3) is 0.188. The lowest BCUT2D eigenvalue weighted by molar-refractivity contribution is -0.117. The van der Waals surface area contributed by atoms with Crippen LogP contribution >= 0.6 is 11.6 Å². The average Bonchev–Trinajstić information content (AvgIpc) is 2.43. The first-order valence-corrected chi connectivity index (χ1v) is 6.57. The Labute approximate surface area is 118 Å². The largest absolute Gasteiger partial charge is 0.326 e. The van der Waals surface area contributed by atoms with Gasteiger partial charge in [-0.2, -0.15) is 0 Å². The van der Waals surface area contributed by atoms with Crippen LogP contribution in [0.25, 0.3) is 0 Å². The van der Waals surface area contributed by atoms with E-state index in [4.69, 9.17) is 11.6 Å². The summed E-state index contributed by atoms with van der Waals surface area (Å²) in [5, 5.41) is 3.54. The van der Waals surface area contributed by atoms with Crippen LogP contribution in [0.1, 0.15) is 24.0 Å². The zero-order chi connectivity index (χ0) is 13.8. The summed E-state index contributed by atoms with van der Waals surface area (Å²) in [5.74, 6) is -0.229. The summed E-state index contributed by atoms with van der Waals surface area (Å²) in [6, 6.07) is 15.2. The molecule has 98 valence electrons. The third-order valence-corrected chi connectivity index (χ3v) is 3.54. The van der Waals surface area contributed by atoms with E-state index >= 15 is 0 Å². The summed E-state index contributed by atoms with van der Waals surface area (Å²) in [5.41, 5.74) is 2.72. The number of rotatable bonds is 3. The van der Waals surface area contributed by atoms with Crippen molar-refractivity contribution >= 4 is 23.2 Å². The number of benzene rings is 2. The van der Waals surface area contributed by atoms with Gasteiger partial charge in [-0.15, -0.1) is 0 Å². The number of amides is 1. The van der Waals surface area contributed by atoms with Crippen LogP contribution in [-0.4, -0.2) is 5.91 Å². The highest BCUT2D eigenvalue weighted by Crippen LogP contribution is 2.22. The normalized spacial score (nSPS) is 11.9. The van der Waals surface area contributed by atoms with E-state index in [9.17, 15) is 4.79 Å². The van der Waals surface area contributed by atoms with Crippen LogP contribution in [0.5, 0.6) is 0 Å². The minimum atomic E-state index is -0.193. The molecule has 2 nitrogen and oxygen atoms in total. The van der Waals surface area contributed by atoms with Crippen LogP contribution in [0, 0.1) is 6.92 Å². The van der Waals surface area contributed by atoms with Crippen molar-refractivity contribution in [2.45, 2.75) is 19.8 Å². The molecule has 0 radical (unpaired) electrons. The molecule has 1 unspecified atom stereocenters. The number of anilines is 1. The molecule has 0 aliphatic carbocycles. The van der Waals surface area contributed by atoms with Gasteiger partial charge < -0.3 is 5.32 Å². The Hall–Kier alpha value is -1.80. The van der Waals surface area contributed by atoms with Gasteiger partial charge in [-0.1, -0.05) is 48.0 Å². The Balaban J connectivity index is 2.10. The topological polar surface area (TPSA) is 29.1 Å². The minimum absolute atomic E-state index is 0.0360. The predicted octanol–water partition coefficient (Wildman–Crippen LogP) is 4.39. The van der Waals surface area contributed by atoms with Gasteiger partial charge in [-0.05, 0) is 37.1 Å². The van der Waals surface area contributed by atoms with Crippen LogP contribution in [0.3, 0.4) is 0 Å². The fourth-order valence-electron chi connectivity index (χ4n) is 1.81. The summed E-state index contributed by atoms with van der Waals surface area (Å²) in [6.45, 7) is 3.82. The smallest absolute Gasteiger partial charge is 0.231 e. The first-order chi connectivity index (χ1) is 9.08. The van der Waals surface area contributed by atoms with Crippen molar-refractivity contribution in [3.63, 3.8) is 0 Å². The highest BCUT2D eigenvalue weighted by Gasteiger charge is 2.15. The van der Waals surface area contributed by atoms with Crippen LogP contribution < -0.4 is 5.32 Å². The van der Waals surface area contributed by atoms with Gasteiger partial charge in [0.05, 0.1) is 5.92 Å². The monoisotopic (exact) mass is 273 g/mol. The highest BCUT2D eigenvalue weighted by atomic mass is 35.5. The molecule has 0 saturated carbocycles. The number of halogens is 1. The van der Waals surface area contributed by atoms with E-state index in [1.807, 2.05) is 56.3 Å². The fourth-order valence-corrected chi connectivity index (χ4v) is 1.99. The van der Waals surface area contributed by atoms with Gasteiger partial charge in [0.25, 0.3) is 0 Å². The number of hydrogen-bond donors (Lipinski definition) is 1. The zero-order valence-corrected chi connectivity index (χ0v) is 11.7. The minimum Gasteiger partial charge on any atom is -0.326 e. The Morgan fingerprint density at radius 1 is 1.16 bits per heavy atom. The van der Waals surface area contributed by atoms with Gasteiger partial charge in [0.1, 0.15) is 0 Å². The molecular weight excluding hydrogens is 258 g/mol. The molecule has 3 heteroatoms. The van der Waals surface area contributed by atoms with E-state index in [-0.39, 0.29) is 11.8 Å². The number of carbonyl (C=O) groups is 1. The molecule has 0 spiro atoms. The van der Waals surface area contributed by atoms with E-state index in [0.29, 0.717) is 5.02 Å². The first kappa shape index (κ1) is 13.6. The molecule has 1 N–H and O–H groups in total. The van der Waals surface area contributed by atoms with E-state index in [0.717, 1.165) is 16.8 Å². The molecule has 1 atom stereocenters. The Bertz CT molecular complexity index is 581. The number of aryl methyl sites for hydroxylation is 1. The van der Waals surface area contributed by atoms with Gasteiger partial charge in [0, 0.05) is 10.7 Å². The van der Waals surface area contributed by atoms with Crippen molar-refractivity contribution < 1.29 is 4.79 Å². The second-order valence-corrected chi connectivity index (χ2v) is 4.99. The lowest BCUT2D eigenvalue weighted by atomic mass is 10.0. The molecule has 0 fully saturated rings. The molecule has 2 rings (SSSR count). The Kier molecular flexibility index (Phi) is 4.23. The molecule has 0 aromatic heterocycles. The zero-order valence-electron chi connectivity index (χ0n) is 11.0. The summed E-state index contributed by atoms with van der Waals surface area (Å²) >= 11 is 6.04. The Morgan fingerprint density at radius 2 is 1.84 bits per heavy atom. The molecule has 0 aliphatic rings. The van der Waals surface area contributed by atoms with Crippen LogP contribution in [0.2, 0.25) is 5.02 Å². The van der Waals surface area contributed by atoms with Crippen LogP contribution in [0.4, 0.5) is 5.69 Å². The average molecular weight is 274 g/mol. The summed E-state index contributed by atoms with van der Waals surface area (Å²) in [4.78, 5) is 12.2. The standard InChI is InChI=1S/C16H16ClNO/c1-11-8-9-14(10-15(11)17)18-16(19)12(2)13-6-4-3-5-7-13/h3-10,12H,1-2H3,(H,18,19). The van der Waals surface area contributed by atoms with Crippen molar-refractivity contribution in [1.29, 1.82) is 0 Å². The second-order valence-electron chi connectivity index (χ2n) is 4.59. The van der Waals surface area contributed by atoms with Gasteiger partial charge in [-0.25, -0.2) is 0 Å². The van der Waals surface area contributed by atoms with Crippen molar-refractivity contribution in [1.82, 2.24) is 0 Å².